The highest BCUT2D eigenvalue weighted by molar-refractivity contribution is 5.97. The summed E-state index contributed by atoms with van der Waals surface area (Å²) in [5.41, 5.74) is 4.53. The van der Waals surface area contributed by atoms with Crippen molar-refractivity contribution in [3.63, 3.8) is 0 Å². The lowest BCUT2D eigenvalue weighted by atomic mass is 10.1. The summed E-state index contributed by atoms with van der Waals surface area (Å²) in [6.45, 7) is 3.70. The van der Waals surface area contributed by atoms with Crippen LogP contribution in [-0.4, -0.2) is 58.7 Å². The lowest BCUT2D eigenvalue weighted by Crippen LogP contribution is -2.51. The minimum atomic E-state index is -1.04. The number of nitrogens with zero attached hydrogens (tertiary/aromatic N) is 4. The van der Waals surface area contributed by atoms with Gasteiger partial charge in [0.15, 0.2) is 11.6 Å². The summed E-state index contributed by atoms with van der Waals surface area (Å²) in [6.07, 6.45) is 0. The van der Waals surface area contributed by atoms with Crippen molar-refractivity contribution < 1.29 is 23.5 Å². The first kappa shape index (κ1) is 21.4. The van der Waals surface area contributed by atoms with Gasteiger partial charge in [0.25, 0.3) is 5.91 Å². The molecule has 4 N–H and O–H groups in total. The molecule has 3 rings (SSSR count). The van der Waals surface area contributed by atoms with Gasteiger partial charge in [-0.2, -0.15) is 4.98 Å². The summed E-state index contributed by atoms with van der Waals surface area (Å²) >= 11 is 0. The number of nitrogens with two attached hydrogens (primary N) is 1. The summed E-state index contributed by atoms with van der Waals surface area (Å²) in [6, 6.07) is 4.61. The molecule has 0 saturated carbocycles. The number of aliphatic hydroxyl groups is 1. The van der Waals surface area contributed by atoms with Gasteiger partial charge in [-0.3, -0.25) is 9.59 Å². The van der Waals surface area contributed by atoms with E-state index < -0.39 is 23.1 Å². The van der Waals surface area contributed by atoms with Crippen LogP contribution in [0, 0.1) is 11.6 Å². The van der Waals surface area contributed by atoms with Crippen LogP contribution < -0.4 is 20.9 Å². The fourth-order valence-corrected chi connectivity index (χ4v) is 2.87. The van der Waals surface area contributed by atoms with Gasteiger partial charge in [-0.25, -0.2) is 13.8 Å². The van der Waals surface area contributed by atoms with Crippen LogP contribution in [0.25, 0.3) is 0 Å². The molecule has 1 aliphatic heterocycles. The second-order valence-corrected chi connectivity index (χ2v) is 7.53. The molecule has 1 saturated heterocycles. The highest BCUT2D eigenvalue weighted by atomic mass is 19.2. The summed E-state index contributed by atoms with van der Waals surface area (Å²) in [5, 5.41) is 12.8. The van der Waals surface area contributed by atoms with Crippen LogP contribution >= 0.6 is 0 Å². The molecule has 9 nitrogen and oxygen atoms in total. The average molecular weight is 420 g/mol. The number of nitrogens with one attached hydrogen (secondary N) is 1. The first-order valence-corrected chi connectivity index (χ1v) is 9.19. The van der Waals surface area contributed by atoms with Crippen LogP contribution in [0.1, 0.15) is 24.3 Å². The molecule has 1 aromatic carbocycles. The van der Waals surface area contributed by atoms with Crippen LogP contribution in [0.4, 0.5) is 26.2 Å². The van der Waals surface area contributed by atoms with E-state index in [0.717, 1.165) is 12.1 Å². The largest absolute Gasteiger partial charge is 0.389 e. The maximum Gasteiger partial charge on any atom is 0.267 e. The molecule has 0 atom stereocenters. The van der Waals surface area contributed by atoms with Gasteiger partial charge in [0.1, 0.15) is 18.1 Å². The third kappa shape index (κ3) is 4.98. The van der Waals surface area contributed by atoms with E-state index in [1.165, 1.54) is 17.0 Å². The standard InChI is InChI=1S/C19H22F2N6O3/c1-19(2,30)10-23-15-8-14(17(22)29)24-18(25-15)26-5-6-27(16(28)9-26)11-3-4-12(20)13(21)7-11/h3-4,7-8,30H,5-6,9-10H2,1-2H3,(H2,22,29)(H,23,24,25). The molecule has 2 aromatic rings. The van der Waals surface area contributed by atoms with E-state index in [9.17, 15) is 23.5 Å². The summed E-state index contributed by atoms with van der Waals surface area (Å²) < 4.78 is 26.7. The van der Waals surface area contributed by atoms with Gasteiger partial charge in [0.05, 0.1) is 5.60 Å². The highest BCUT2D eigenvalue weighted by Gasteiger charge is 2.28. The topological polar surface area (TPSA) is 125 Å². The minimum absolute atomic E-state index is 0.0475. The van der Waals surface area contributed by atoms with Crippen molar-refractivity contribution in [2.24, 2.45) is 5.73 Å². The van der Waals surface area contributed by atoms with Crippen molar-refractivity contribution in [1.29, 1.82) is 0 Å². The third-order valence-electron chi connectivity index (χ3n) is 4.39. The third-order valence-corrected chi connectivity index (χ3v) is 4.39. The molecule has 0 radical (unpaired) electrons. The summed E-state index contributed by atoms with van der Waals surface area (Å²) in [5.74, 6) is -2.78. The van der Waals surface area contributed by atoms with Gasteiger partial charge < -0.3 is 26.0 Å². The number of rotatable bonds is 6. The van der Waals surface area contributed by atoms with Gasteiger partial charge in [-0.1, -0.05) is 0 Å². The predicted octanol–water partition coefficient (Wildman–Crippen LogP) is 0.890. The zero-order chi connectivity index (χ0) is 22.1. The van der Waals surface area contributed by atoms with Crippen molar-refractivity contribution in [2.45, 2.75) is 19.4 Å². The molecule has 160 valence electrons. The summed E-state index contributed by atoms with van der Waals surface area (Å²) in [7, 11) is 0. The van der Waals surface area contributed by atoms with Crippen LogP contribution in [0.5, 0.6) is 0 Å². The monoisotopic (exact) mass is 420 g/mol. The minimum Gasteiger partial charge on any atom is -0.389 e. The predicted molar refractivity (Wildman–Crippen MR) is 106 cm³/mol. The van der Waals surface area contributed by atoms with Crippen LogP contribution in [0.15, 0.2) is 24.3 Å². The van der Waals surface area contributed by atoms with E-state index in [4.69, 9.17) is 5.73 Å². The van der Waals surface area contributed by atoms with Crippen LogP contribution in [-0.2, 0) is 4.79 Å². The summed E-state index contributed by atoms with van der Waals surface area (Å²) in [4.78, 5) is 35.6. The molecule has 1 aromatic heterocycles. The van der Waals surface area contributed by atoms with E-state index >= 15 is 0 Å². The fraction of sp³-hybridized carbons (Fsp3) is 0.368. The number of aromatic nitrogens is 2. The van der Waals surface area contributed by atoms with E-state index in [1.54, 1.807) is 18.7 Å². The number of primary amides is 1. The molecule has 1 aliphatic rings. The lowest BCUT2D eigenvalue weighted by molar-refractivity contribution is -0.117. The quantitative estimate of drug-likeness (QED) is 0.634. The van der Waals surface area contributed by atoms with E-state index in [0.29, 0.717) is 0 Å². The number of piperazine rings is 1. The Kier molecular flexibility index (Phi) is 5.83. The second kappa shape index (κ2) is 8.19. The first-order valence-electron chi connectivity index (χ1n) is 9.19. The molecule has 30 heavy (non-hydrogen) atoms. The molecule has 2 heterocycles. The number of benzene rings is 1. The Hall–Kier alpha value is -3.34. The van der Waals surface area contributed by atoms with Gasteiger partial charge >= 0.3 is 0 Å². The molecule has 1 fully saturated rings. The Morgan fingerprint density at radius 1 is 1.23 bits per heavy atom. The second-order valence-electron chi connectivity index (χ2n) is 7.53. The number of carbonyl (C=O) groups is 2. The Morgan fingerprint density at radius 2 is 1.97 bits per heavy atom. The zero-order valence-corrected chi connectivity index (χ0v) is 16.5. The van der Waals surface area contributed by atoms with Crippen molar-refractivity contribution in [1.82, 2.24) is 9.97 Å². The smallest absolute Gasteiger partial charge is 0.267 e. The first-order chi connectivity index (χ1) is 14.0. The molecular weight excluding hydrogens is 398 g/mol. The number of carbonyl (C=O) groups excluding carboxylic acids is 2. The van der Waals surface area contributed by atoms with E-state index in [2.05, 4.69) is 15.3 Å². The normalized spacial score (nSPS) is 14.8. The van der Waals surface area contributed by atoms with Crippen LogP contribution in [0.2, 0.25) is 0 Å². The Bertz CT molecular complexity index is 979. The molecule has 11 heteroatoms. The molecule has 0 aliphatic carbocycles. The molecule has 0 bridgehead atoms. The molecule has 0 spiro atoms. The molecular formula is C19H22F2N6O3. The molecule has 2 amide bonds. The van der Waals surface area contributed by atoms with Crippen LogP contribution in [0.3, 0.4) is 0 Å². The number of hydrogen-bond donors (Lipinski definition) is 3. The van der Waals surface area contributed by atoms with Crippen molar-refractivity contribution in [2.75, 3.05) is 41.3 Å². The maximum absolute atomic E-state index is 13.5. The number of hydrogen-bond acceptors (Lipinski definition) is 7. The van der Waals surface area contributed by atoms with Gasteiger partial charge in [-0.15, -0.1) is 0 Å². The van der Waals surface area contributed by atoms with Gasteiger partial charge in [-0.05, 0) is 26.0 Å². The van der Waals surface area contributed by atoms with Crippen molar-refractivity contribution >= 4 is 29.3 Å². The van der Waals surface area contributed by atoms with E-state index in [-0.39, 0.29) is 55.2 Å². The number of amides is 2. The van der Waals surface area contributed by atoms with Crippen molar-refractivity contribution in [3.8, 4) is 0 Å². The Morgan fingerprint density at radius 3 is 2.57 bits per heavy atom. The lowest BCUT2D eigenvalue weighted by Gasteiger charge is -2.34. The number of anilines is 3. The highest BCUT2D eigenvalue weighted by Crippen LogP contribution is 2.22. The Balaban J connectivity index is 1.80. The Labute approximate surface area is 171 Å². The SMILES string of the molecule is CC(C)(O)CNc1cc(C(N)=O)nc(N2CCN(c3ccc(F)c(F)c3)C(=O)C2)n1. The molecule has 0 unspecified atom stereocenters. The number of halogens is 2. The maximum atomic E-state index is 13.5. The fourth-order valence-electron chi connectivity index (χ4n) is 2.87. The average Bonchev–Trinajstić information content (AvgIpc) is 2.68. The zero-order valence-electron chi connectivity index (χ0n) is 16.5. The van der Waals surface area contributed by atoms with Crippen molar-refractivity contribution in [3.05, 3.63) is 41.6 Å². The van der Waals surface area contributed by atoms with Gasteiger partial charge in [0.2, 0.25) is 11.9 Å². The van der Waals surface area contributed by atoms with Gasteiger partial charge in [0, 0.05) is 37.5 Å². The van der Waals surface area contributed by atoms with E-state index in [1.807, 2.05) is 0 Å².